The van der Waals surface area contributed by atoms with Gasteiger partial charge >= 0.3 is 0 Å². The minimum absolute atomic E-state index is 0.213. The number of rotatable bonds is 5. The number of nitrogens with one attached hydrogen (secondary N) is 2. The summed E-state index contributed by atoms with van der Waals surface area (Å²) in [6.07, 6.45) is 3.00. The van der Waals surface area contributed by atoms with E-state index in [9.17, 15) is 4.79 Å². The lowest BCUT2D eigenvalue weighted by molar-refractivity contribution is 0.0943. The van der Waals surface area contributed by atoms with Gasteiger partial charge in [-0.05, 0) is 36.6 Å². The Morgan fingerprint density at radius 3 is 2.64 bits per heavy atom. The third-order valence-electron chi connectivity index (χ3n) is 3.01. The molecule has 0 saturated heterocycles. The van der Waals surface area contributed by atoms with E-state index in [1.165, 1.54) is 6.20 Å². The van der Waals surface area contributed by atoms with E-state index in [1.807, 2.05) is 32.9 Å². The van der Waals surface area contributed by atoms with Crippen LogP contribution in [0.2, 0.25) is 5.02 Å². The number of nitrogens with zero attached hydrogens (tertiary/aromatic N) is 2. The molecule has 2 rings (SSSR count). The Bertz CT molecular complexity index is 656. The van der Waals surface area contributed by atoms with Crippen molar-refractivity contribution in [3.8, 4) is 0 Å². The topological polar surface area (TPSA) is 66.9 Å². The van der Waals surface area contributed by atoms with Crippen LogP contribution in [0.15, 0.2) is 30.6 Å². The fourth-order valence-corrected chi connectivity index (χ4v) is 2.03. The number of aryl methyl sites for hydroxylation is 1. The summed E-state index contributed by atoms with van der Waals surface area (Å²) in [5.74, 6) is 0.756. The zero-order valence-electron chi connectivity index (χ0n) is 12.9. The lowest BCUT2D eigenvalue weighted by atomic mass is 10.2. The predicted molar refractivity (Wildman–Crippen MR) is 88.7 cm³/mol. The summed E-state index contributed by atoms with van der Waals surface area (Å²) in [6, 6.07) is 5.55. The maximum Gasteiger partial charge on any atom is 0.271 e. The highest BCUT2D eigenvalue weighted by Gasteiger charge is 2.08. The molecule has 0 saturated carbocycles. The molecule has 116 valence electrons. The molecule has 5 nitrogen and oxygen atoms in total. The first-order valence-corrected chi connectivity index (χ1v) is 7.47. The van der Waals surface area contributed by atoms with E-state index < -0.39 is 0 Å². The van der Waals surface area contributed by atoms with Crippen LogP contribution in [0.3, 0.4) is 0 Å². The SMILES string of the molecule is Cc1cc(Cl)ccc1Nc1cnc(C(=O)NCC(C)C)cn1. The van der Waals surface area contributed by atoms with Gasteiger partial charge in [-0.15, -0.1) is 0 Å². The fraction of sp³-hybridized carbons (Fsp3) is 0.312. The fourth-order valence-electron chi connectivity index (χ4n) is 1.80. The second-order valence-electron chi connectivity index (χ2n) is 5.47. The molecule has 1 aromatic carbocycles. The van der Waals surface area contributed by atoms with Gasteiger partial charge in [-0.2, -0.15) is 0 Å². The van der Waals surface area contributed by atoms with E-state index in [1.54, 1.807) is 12.3 Å². The van der Waals surface area contributed by atoms with Crippen molar-refractivity contribution in [1.29, 1.82) is 0 Å². The number of carbonyl (C=O) groups excluding carboxylic acids is 1. The molecule has 0 aliphatic carbocycles. The highest BCUT2D eigenvalue weighted by molar-refractivity contribution is 6.30. The van der Waals surface area contributed by atoms with Crippen molar-refractivity contribution in [2.24, 2.45) is 5.92 Å². The predicted octanol–water partition coefficient (Wildman–Crippen LogP) is 3.57. The van der Waals surface area contributed by atoms with Crippen LogP contribution in [-0.4, -0.2) is 22.4 Å². The monoisotopic (exact) mass is 318 g/mol. The molecule has 0 bridgehead atoms. The van der Waals surface area contributed by atoms with Gasteiger partial charge in [0.05, 0.1) is 12.4 Å². The number of hydrogen-bond donors (Lipinski definition) is 2. The Labute approximate surface area is 135 Å². The number of amides is 1. The van der Waals surface area contributed by atoms with Crippen LogP contribution in [-0.2, 0) is 0 Å². The Morgan fingerprint density at radius 2 is 2.05 bits per heavy atom. The third-order valence-corrected chi connectivity index (χ3v) is 3.24. The summed E-state index contributed by atoms with van der Waals surface area (Å²) < 4.78 is 0. The van der Waals surface area contributed by atoms with E-state index >= 15 is 0 Å². The van der Waals surface area contributed by atoms with Crippen molar-refractivity contribution in [1.82, 2.24) is 15.3 Å². The molecule has 0 radical (unpaired) electrons. The third kappa shape index (κ3) is 4.43. The molecule has 1 aromatic heterocycles. The van der Waals surface area contributed by atoms with Crippen LogP contribution < -0.4 is 10.6 Å². The van der Waals surface area contributed by atoms with Gasteiger partial charge in [0.15, 0.2) is 0 Å². The zero-order valence-corrected chi connectivity index (χ0v) is 13.6. The van der Waals surface area contributed by atoms with Crippen molar-refractivity contribution < 1.29 is 4.79 Å². The van der Waals surface area contributed by atoms with Gasteiger partial charge in [0, 0.05) is 17.3 Å². The lowest BCUT2D eigenvalue weighted by Crippen LogP contribution is -2.28. The maximum atomic E-state index is 11.9. The van der Waals surface area contributed by atoms with E-state index in [2.05, 4.69) is 20.6 Å². The summed E-state index contributed by atoms with van der Waals surface area (Å²) in [7, 11) is 0. The number of halogens is 1. The molecule has 0 aliphatic rings. The van der Waals surface area contributed by atoms with Crippen LogP contribution in [0.25, 0.3) is 0 Å². The molecular formula is C16H19ClN4O. The van der Waals surface area contributed by atoms with E-state index in [-0.39, 0.29) is 5.91 Å². The maximum absolute atomic E-state index is 11.9. The quantitative estimate of drug-likeness (QED) is 0.884. The van der Waals surface area contributed by atoms with Crippen molar-refractivity contribution in [2.45, 2.75) is 20.8 Å². The molecule has 2 N–H and O–H groups in total. The van der Waals surface area contributed by atoms with Crippen LogP contribution in [0.4, 0.5) is 11.5 Å². The number of carbonyl (C=O) groups is 1. The highest BCUT2D eigenvalue weighted by Crippen LogP contribution is 2.22. The number of hydrogen-bond acceptors (Lipinski definition) is 4. The van der Waals surface area contributed by atoms with Gasteiger partial charge in [-0.3, -0.25) is 4.79 Å². The van der Waals surface area contributed by atoms with E-state index in [4.69, 9.17) is 11.6 Å². The summed E-state index contributed by atoms with van der Waals surface area (Å²) in [6.45, 7) is 6.64. The average molecular weight is 319 g/mol. The van der Waals surface area contributed by atoms with Gasteiger partial charge in [-0.25, -0.2) is 9.97 Å². The molecule has 0 fully saturated rings. The minimum Gasteiger partial charge on any atom is -0.350 e. The Hall–Kier alpha value is -2.14. The lowest BCUT2D eigenvalue weighted by Gasteiger charge is -2.10. The first-order chi connectivity index (χ1) is 10.5. The molecule has 0 spiro atoms. The molecule has 1 heterocycles. The van der Waals surface area contributed by atoms with E-state index in [0.29, 0.717) is 29.0 Å². The van der Waals surface area contributed by atoms with Gasteiger partial charge in [-0.1, -0.05) is 25.4 Å². The van der Waals surface area contributed by atoms with Crippen LogP contribution >= 0.6 is 11.6 Å². The highest BCUT2D eigenvalue weighted by atomic mass is 35.5. The molecule has 0 atom stereocenters. The second kappa shape index (κ2) is 7.22. The first-order valence-electron chi connectivity index (χ1n) is 7.09. The normalized spacial score (nSPS) is 10.6. The summed E-state index contributed by atoms with van der Waals surface area (Å²) in [5, 5.41) is 6.64. The van der Waals surface area contributed by atoms with Crippen LogP contribution in [0, 0.1) is 12.8 Å². The summed E-state index contributed by atoms with van der Waals surface area (Å²) in [4.78, 5) is 20.2. The van der Waals surface area contributed by atoms with Crippen molar-refractivity contribution >= 4 is 29.0 Å². The zero-order chi connectivity index (χ0) is 16.1. The molecule has 2 aromatic rings. The summed E-state index contributed by atoms with van der Waals surface area (Å²) in [5.41, 5.74) is 2.21. The summed E-state index contributed by atoms with van der Waals surface area (Å²) >= 11 is 5.93. The van der Waals surface area contributed by atoms with Crippen LogP contribution in [0.5, 0.6) is 0 Å². The van der Waals surface area contributed by atoms with Gasteiger partial charge < -0.3 is 10.6 Å². The van der Waals surface area contributed by atoms with E-state index in [0.717, 1.165) is 11.3 Å². The minimum atomic E-state index is -0.213. The Balaban J connectivity index is 2.04. The number of aromatic nitrogens is 2. The average Bonchev–Trinajstić information content (AvgIpc) is 2.48. The number of anilines is 2. The van der Waals surface area contributed by atoms with Crippen molar-refractivity contribution in [3.63, 3.8) is 0 Å². The van der Waals surface area contributed by atoms with Gasteiger partial charge in [0.25, 0.3) is 5.91 Å². The van der Waals surface area contributed by atoms with Crippen molar-refractivity contribution in [3.05, 3.63) is 46.9 Å². The van der Waals surface area contributed by atoms with Crippen LogP contribution in [0.1, 0.15) is 29.9 Å². The standard InChI is InChI=1S/C16H19ClN4O/c1-10(2)7-20-16(22)14-8-19-15(9-18-14)21-13-5-4-12(17)6-11(13)3/h4-6,8-10H,7H2,1-3H3,(H,19,21)(H,20,22). The first kappa shape index (κ1) is 16.2. The molecule has 0 unspecified atom stereocenters. The molecule has 0 aliphatic heterocycles. The van der Waals surface area contributed by atoms with Crippen molar-refractivity contribution in [2.75, 3.05) is 11.9 Å². The second-order valence-corrected chi connectivity index (χ2v) is 5.91. The smallest absolute Gasteiger partial charge is 0.271 e. The Kier molecular flexibility index (Phi) is 5.33. The van der Waals surface area contributed by atoms with Gasteiger partial charge in [0.2, 0.25) is 0 Å². The number of benzene rings is 1. The Morgan fingerprint density at radius 1 is 1.27 bits per heavy atom. The molecule has 6 heteroatoms. The van der Waals surface area contributed by atoms with Gasteiger partial charge in [0.1, 0.15) is 11.5 Å². The molecule has 1 amide bonds. The molecule has 22 heavy (non-hydrogen) atoms. The largest absolute Gasteiger partial charge is 0.350 e. The molecular weight excluding hydrogens is 300 g/mol.